The van der Waals surface area contributed by atoms with Gasteiger partial charge in [-0.2, -0.15) is 13.2 Å². The van der Waals surface area contributed by atoms with Gasteiger partial charge in [0.1, 0.15) is 5.75 Å². The minimum absolute atomic E-state index is 0.0897. The SMILES string of the molecule is COc1cc2ccccc2cc1C(=O)Nc1nc2c(C(F)(F)F)cccc2s1. The van der Waals surface area contributed by atoms with Crippen LogP contribution in [0.25, 0.3) is 21.0 Å². The summed E-state index contributed by atoms with van der Waals surface area (Å²) in [5.74, 6) is -0.136. The Bertz CT molecular complexity index is 1200. The first-order chi connectivity index (χ1) is 13.4. The van der Waals surface area contributed by atoms with Gasteiger partial charge in [0.15, 0.2) is 5.13 Å². The molecule has 0 saturated heterocycles. The fourth-order valence-electron chi connectivity index (χ4n) is 2.96. The van der Waals surface area contributed by atoms with Gasteiger partial charge in [-0.05, 0) is 35.0 Å². The van der Waals surface area contributed by atoms with Gasteiger partial charge in [0.05, 0.1) is 28.5 Å². The highest BCUT2D eigenvalue weighted by Gasteiger charge is 2.33. The second-order valence-electron chi connectivity index (χ2n) is 6.02. The summed E-state index contributed by atoms with van der Waals surface area (Å²) in [5, 5.41) is 4.43. The molecule has 4 aromatic rings. The maximum atomic E-state index is 13.2. The molecule has 1 heterocycles. The van der Waals surface area contributed by atoms with Crippen LogP contribution in [0.15, 0.2) is 54.6 Å². The summed E-state index contributed by atoms with van der Waals surface area (Å²) in [6.45, 7) is 0. The number of carbonyl (C=O) groups excluding carboxylic acids is 1. The first-order valence-corrected chi connectivity index (χ1v) is 9.03. The molecule has 142 valence electrons. The lowest BCUT2D eigenvalue weighted by Crippen LogP contribution is -2.13. The fraction of sp³-hybridized carbons (Fsp3) is 0.100. The first kappa shape index (κ1) is 18.2. The Morgan fingerprint density at radius 2 is 1.79 bits per heavy atom. The third-order valence-electron chi connectivity index (χ3n) is 4.26. The number of ether oxygens (including phenoxy) is 1. The number of nitrogens with zero attached hydrogens (tertiary/aromatic N) is 1. The molecule has 0 unspecified atom stereocenters. The number of anilines is 1. The van der Waals surface area contributed by atoms with E-state index in [0.717, 1.165) is 28.2 Å². The molecule has 4 rings (SSSR count). The quantitative estimate of drug-likeness (QED) is 0.476. The molecule has 1 aromatic heterocycles. The number of halogens is 3. The summed E-state index contributed by atoms with van der Waals surface area (Å²) in [4.78, 5) is 16.7. The number of nitrogens with one attached hydrogen (secondary N) is 1. The van der Waals surface area contributed by atoms with Crippen molar-refractivity contribution < 1.29 is 22.7 Å². The zero-order valence-electron chi connectivity index (χ0n) is 14.5. The number of amides is 1. The molecule has 0 saturated carbocycles. The number of hydrogen-bond donors (Lipinski definition) is 1. The molecular formula is C20H13F3N2O2S. The second-order valence-corrected chi connectivity index (χ2v) is 7.05. The second kappa shape index (κ2) is 6.79. The van der Waals surface area contributed by atoms with Crippen molar-refractivity contribution in [2.45, 2.75) is 6.18 Å². The Morgan fingerprint density at radius 1 is 1.07 bits per heavy atom. The van der Waals surface area contributed by atoms with Crippen LogP contribution in [0.5, 0.6) is 5.75 Å². The van der Waals surface area contributed by atoms with Gasteiger partial charge in [0.25, 0.3) is 5.91 Å². The van der Waals surface area contributed by atoms with E-state index < -0.39 is 17.6 Å². The van der Waals surface area contributed by atoms with E-state index in [2.05, 4.69) is 10.3 Å². The molecule has 3 aromatic carbocycles. The van der Waals surface area contributed by atoms with Crippen molar-refractivity contribution in [2.75, 3.05) is 12.4 Å². The number of benzene rings is 3. The van der Waals surface area contributed by atoms with Crippen LogP contribution in [-0.2, 0) is 6.18 Å². The van der Waals surface area contributed by atoms with E-state index in [0.29, 0.717) is 10.4 Å². The largest absolute Gasteiger partial charge is 0.496 e. The van der Waals surface area contributed by atoms with E-state index in [1.54, 1.807) is 12.1 Å². The summed E-state index contributed by atoms with van der Waals surface area (Å²) in [6.07, 6.45) is -4.52. The van der Waals surface area contributed by atoms with E-state index in [4.69, 9.17) is 4.74 Å². The number of hydrogen-bond acceptors (Lipinski definition) is 4. The predicted octanol–water partition coefficient (Wildman–Crippen LogP) is 5.73. The smallest absolute Gasteiger partial charge is 0.418 e. The molecule has 1 amide bonds. The van der Waals surface area contributed by atoms with Gasteiger partial charge in [-0.25, -0.2) is 4.98 Å². The normalized spacial score (nSPS) is 11.7. The van der Waals surface area contributed by atoms with Crippen LogP contribution in [0.4, 0.5) is 18.3 Å². The molecule has 0 atom stereocenters. The van der Waals surface area contributed by atoms with Gasteiger partial charge in [0.2, 0.25) is 0 Å². The van der Waals surface area contributed by atoms with Crippen LogP contribution >= 0.6 is 11.3 Å². The van der Waals surface area contributed by atoms with Gasteiger partial charge in [-0.1, -0.05) is 41.7 Å². The predicted molar refractivity (Wildman–Crippen MR) is 103 cm³/mol. The molecule has 0 radical (unpaired) electrons. The number of para-hydroxylation sites is 1. The number of thiazole rings is 1. The topological polar surface area (TPSA) is 51.2 Å². The highest BCUT2D eigenvalue weighted by molar-refractivity contribution is 7.22. The summed E-state index contributed by atoms with van der Waals surface area (Å²) < 4.78 is 45.1. The molecule has 28 heavy (non-hydrogen) atoms. The number of rotatable bonds is 3. The average Bonchev–Trinajstić information content (AvgIpc) is 3.08. The molecule has 0 bridgehead atoms. The monoisotopic (exact) mass is 402 g/mol. The fourth-order valence-corrected chi connectivity index (χ4v) is 3.85. The zero-order valence-corrected chi connectivity index (χ0v) is 15.3. The Morgan fingerprint density at radius 3 is 2.46 bits per heavy atom. The van der Waals surface area contributed by atoms with E-state index in [9.17, 15) is 18.0 Å². The number of carbonyl (C=O) groups is 1. The lowest BCUT2D eigenvalue weighted by Gasteiger charge is -2.10. The van der Waals surface area contributed by atoms with Gasteiger partial charge < -0.3 is 4.74 Å². The van der Waals surface area contributed by atoms with E-state index in [-0.39, 0.29) is 16.2 Å². The molecule has 4 nitrogen and oxygen atoms in total. The van der Waals surface area contributed by atoms with Crippen LogP contribution in [0.3, 0.4) is 0 Å². The van der Waals surface area contributed by atoms with Crippen molar-refractivity contribution in [1.82, 2.24) is 4.98 Å². The van der Waals surface area contributed by atoms with E-state index in [1.807, 2.05) is 24.3 Å². The Labute approximate surface area is 161 Å². The van der Waals surface area contributed by atoms with Gasteiger partial charge in [-0.15, -0.1) is 0 Å². The molecule has 0 fully saturated rings. The van der Waals surface area contributed by atoms with Crippen LogP contribution in [0.2, 0.25) is 0 Å². The number of aromatic nitrogens is 1. The molecule has 0 aliphatic heterocycles. The maximum Gasteiger partial charge on any atom is 0.418 e. The van der Waals surface area contributed by atoms with Crippen molar-refractivity contribution in [3.8, 4) is 5.75 Å². The molecule has 1 N–H and O–H groups in total. The van der Waals surface area contributed by atoms with Crippen LogP contribution in [0, 0.1) is 0 Å². The highest BCUT2D eigenvalue weighted by Crippen LogP contribution is 2.37. The van der Waals surface area contributed by atoms with Crippen molar-refractivity contribution >= 4 is 43.4 Å². The van der Waals surface area contributed by atoms with E-state index >= 15 is 0 Å². The summed E-state index contributed by atoms with van der Waals surface area (Å²) in [7, 11) is 1.45. The average molecular weight is 402 g/mol. The Hall–Kier alpha value is -3.13. The van der Waals surface area contributed by atoms with Crippen LogP contribution in [-0.4, -0.2) is 18.0 Å². The summed E-state index contributed by atoms with van der Waals surface area (Å²) in [6, 6.07) is 14.7. The lowest BCUT2D eigenvalue weighted by atomic mass is 10.1. The number of methoxy groups -OCH3 is 1. The standard InChI is InChI=1S/C20H13F3N2O2S/c1-27-15-10-12-6-3-2-5-11(12)9-13(15)18(26)25-19-24-17-14(20(21,22)23)7-4-8-16(17)28-19/h2-10H,1H3,(H,24,25,26). The third kappa shape index (κ3) is 3.27. The van der Waals surface area contributed by atoms with E-state index in [1.165, 1.54) is 19.2 Å². The van der Waals surface area contributed by atoms with Crippen LogP contribution < -0.4 is 10.1 Å². The maximum absolute atomic E-state index is 13.2. The molecular weight excluding hydrogens is 389 g/mol. The van der Waals surface area contributed by atoms with Gasteiger partial charge in [-0.3, -0.25) is 10.1 Å². The molecule has 0 aliphatic rings. The summed E-state index contributed by atoms with van der Waals surface area (Å²) in [5.41, 5.74) is -0.734. The number of alkyl halides is 3. The third-order valence-corrected chi connectivity index (χ3v) is 5.19. The molecule has 0 spiro atoms. The Kier molecular flexibility index (Phi) is 4.43. The minimum atomic E-state index is -4.52. The van der Waals surface area contributed by atoms with Crippen LogP contribution in [0.1, 0.15) is 15.9 Å². The molecule has 0 aliphatic carbocycles. The van der Waals surface area contributed by atoms with Crippen molar-refractivity contribution in [1.29, 1.82) is 0 Å². The van der Waals surface area contributed by atoms with Gasteiger partial charge in [0, 0.05) is 0 Å². The van der Waals surface area contributed by atoms with Crippen molar-refractivity contribution in [2.24, 2.45) is 0 Å². The Balaban J connectivity index is 1.72. The minimum Gasteiger partial charge on any atom is -0.496 e. The number of fused-ring (bicyclic) bond motifs is 2. The first-order valence-electron chi connectivity index (χ1n) is 8.21. The van der Waals surface area contributed by atoms with Crippen molar-refractivity contribution in [3.63, 3.8) is 0 Å². The highest BCUT2D eigenvalue weighted by atomic mass is 32.1. The summed E-state index contributed by atoms with van der Waals surface area (Å²) >= 11 is 0.984. The molecule has 8 heteroatoms. The van der Waals surface area contributed by atoms with Gasteiger partial charge >= 0.3 is 6.18 Å². The zero-order chi connectivity index (χ0) is 19.9. The van der Waals surface area contributed by atoms with Crippen molar-refractivity contribution in [3.05, 3.63) is 65.7 Å². The lowest BCUT2D eigenvalue weighted by molar-refractivity contribution is -0.136.